The number of benzene rings is 2. The molecule has 1 aliphatic carbocycles. The van der Waals surface area contributed by atoms with Gasteiger partial charge in [0.2, 0.25) is 5.91 Å². The lowest BCUT2D eigenvalue weighted by atomic mass is 9.95. The molecular formula is C21H24BrN3O2. The molecule has 6 heteroatoms. The molecule has 0 saturated heterocycles. The first-order valence-electron chi connectivity index (χ1n) is 9.30. The van der Waals surface area contributed by atoms with Gasteiger partial charge in [0.15, 0.2) is 0 Å². The van der Waals surface area contributed by atoms with Gasteiger partial charge in [-0.3, -0.25) is 9.59 Å². The summed E-state index contributed by atoms with van der Waals surface area (Å²) >= 11 is 3.36. The maximum absolute atomic E-state index is 12.3. The van der Waals surface area contributed by atoms with Gasteiger partial charge >= 0.3 is 0 Å². The smallest absolute Gasteiger partial charge is 0.251 e. The monoisotopic (exact) mass is 429 g/mol. The van der Waals surface area contributed by atoms with Gasteiger partial charge < -0.3 is 16.0 Å². The van der Waals surface area contributed by atoms with Crippen molar-refractivity contribution in [3.05, 3.63) is 58.6 Å². The second-order valence-electron chi connectivity index (χ2n) is 6.79. The van der Waals surface area contributed by atoms with Crippen LogP contribution in [-0.2, 0) is 4.79 Å². The van der Waals surface area contributed by atoms with E-state index in [0.717, 1.165) is 28.7 Å². The summed E-state index contributed by atoms with van der Waals surface area (Å²) in [6.45, 7) is 0.156. The van der Waals surface area contributed by atoms with Crippen LogP contribution in [0.2, 0.25) is 0 Å². The minimum absolute atomic E-state index is 0.0265. The topological polar surface area (TPSA) is 70.2 Å². The van der Waals surface area contributed by atoms with E-state index in [9.17, 15) is 9.59 Å². The molecule has 3 rings (SSSR count). The lowest BCUT2D eigenvalue weighted by molar-refractivity contribution is -0.114. The summed E-state index contributed by atoms with van der Waals surface area (Å²) in [5, 5.41) is 9.01. The molecule has 27 heavy (non-hydrogen) atoms. The predicted octanol–water partition coefficient (Wildman–Crippen LogP) is 4.56. The molecule has 0 radical (unpaired) electrons. The van der Waals surface area contributed by atoms with Crippen molar-refractivity contribution in [2.75, 3.05) is 17.2 Å². The Morgan fingerprint density at radius 3 is 2.19 bits per heavy atom. The minimum atomic E-state index is -0.128. The van der Waals surface area contributed by atoms with Gasteiger partial charge in [-0.25, -0.2) is 0 Å². The third-order valence-corrected chi connectivity index (χ3v) is 5.20. The predicted molar refractivity (Wildman–Crippen MR) is 112 cm³/mol. The van der Waals surface area contributed by atoms with E-state index in [0.29, 0.717) is 11.6 Å². The Bertz CT molecular complexity index is 769. The molecule has 1 fully saturated rings. The van der Waals surface area contributed by atoms with E-state index in [1.54, 1.807) is 12.1 Å². The van der Waals surface area contributed by atoms with Crippen LogP contribution in [0.3, 0.4) is 0 Å². The average molecular weight is 430 g/mol. The lowest BCUT2D eigenvalue weighted by Gasteiger charge is -2.22. The standard InChI is InChI=1S/C21H24BrN3O2/c22-16-8-12-19(13-9-16)24-20(26)14-23-17-10-6-15(7-11-17)21(27)25-18-4-2-1-3-5-18/h6-13,18,23H,1-5,14H2,(H,24,26)(H,25,27). The third kappa shape index (κ3) is 6.10. The normalized spacial score (nSPS) is 14.4. The Labute approximate surface area is 168 Å². The van der Waals surface area contributed by atoms with Crippen molar-refractivity contribution < 1.29 is 9.59 Å². The molecule has 2 aromatic rings. The Hall–Kier alpha value is -2.34. The van der Waals surface area contributed by atoms with Gasteiger partial charge in [-0.2, -0.15) is 0 Å². The fourth-order valence-electron chi connectivity index (χ4n) is 3.18. The van der Waals surface area contributed by atoms with Gasteiger partial charge in [0.25, 0.3) is 5.91 Å². The molecule has 1 aliphatic rings. The highest BCUT2D eigenvalue weighted by Crippen LogP contribution is 2.18. The zero-order valence-electron chi connectivity index (χ0n) is 15.1. The summed E-state index contributed by atoms with van der Waals surface area (Å²) in [6.07, 6.45) is 5.78. The van der Waals surface area contributed by atoms with Crippen LogP contribution < -0.4 is 16.0 Å². The van der Waals surface area contributed by atoms with E-state index in [4.69, 9.17) is 0 Å². The van der Waals surface area contributed by atoms with Crippen molar-refractivity contribution in [1.82, 2.24) is 5.32 Å². The molecule has 0 unspecified atom stereocenters. The van der Waals surface area contributed by atoms with E-state index in [1.807, 2.05) is 36.4 Å². The van der Waals surface area contributed by atoms with Crippen molar-refractivity contribution in [1.29, 1.82) is 0 Å². The van der Waals surface area contributed by atoms with Crippen LogP contribution in [0.5, 0.6) is 0 Å². The minimum Gasteiger partial charge on any atom is -0.376 e. The molecule has 0 aromatic heterocycles. The molecule has 5 nitrogen and oxygen atoms in total. The molecule has 2 amide bonds. The van der Waals surface area contributed by atoms with Crippen molar-refractivity contribution in [3.63, 3.8) is 0 Å². The molecule has 0 spiro atoms. The average Bonchev–Trinajstić information content (AvgIpc) is 2.69. The number of anilines is 2. The van der Waals surface area contributed by atoms with Crippen molar-refractivity contribution >= 4 is 39.1 Å². The Morgan fingerprint density at radius 2 is 1.52 bits per heavy atom. The molecule has 3 N–H and O–H groups in total. The van der Waals surface area contributed by atoms with Crippen LogP contribution >= 0.6 is 15.9 Å². The van der Waals surface area contributed by atoms with Crippen LogP contribution in [0.25, 0.3) is 0 Å². The number of rotatable bonds is 6. The van der Waals surface area contributed by atoms with E-state index in [2.05, 4.69) is 31.9 Å². The molecule has 2 aromatic carbocycles. The molecule has 0 bridgehead atoms. The van der Waals surface area contributed by atoms with Gasteiger partial charge in [0, 0.05) is 27.5 Å². The molecule has 142 valence electrons. The van der Waals surface area contributed by atoms with Gasteiger partial charge in [-0.05, 0) is 61.4 Å². The summed E-state index contributed by atoms with van der Waals surface area (Å²) in [5.41, 5.74) is 2.19. The zero-order chi connectivity index (χ0) is 19.1. The highest BCUT2D eigenvalue weighted by molar-refractivity contribution is 9.10. The first kappa shape index (κ1) is 19.4. The zero-order valence-corrected chi connectivity index (χ0v) is 16.7. The first-order chi connectivity index (χ1) is 13.1. The molecular weight excluding hydrogens is 406 g/mol. The fourth-order valence-corrected chi connectivity index (χ4v) is 3.44. The van der Waals surface area contributed by atoms with Crippen molar-refractivity contribution in [2.24, 2.45) is 0 Å². The molecule has 0 heterocycles. The number of carbonyl (C=O) groups excluding carboxylic acids is 2. The van der Waals surface area contributed by atoms with Crippen LogP contribution in [0.15, 0.2) is 53.0 Å². The Balaban J connectivity index is 1.46. The highest BCUT2D eigenvalue weighted by atomic mass is 79.9. The first-order valence-corrected chi connectivity index (χ1v) is 10.1. The quantitative estimate of drug-likeness (QED) is 0.629. The fraction of sp³-hybridized carbons (Fsp3) is 0.333. The number of amides is 2. The third-order valence-electron chi connectivity index (χ3n) is 4.67. The summed E-state index contributed by atoms with van der Waals surface area (Å²) in [6, 6.07) is 14.9. The van der Waals surface area contributed by atoms with Crippen molar-refractivity contribution in [2.45, 2.75) is 38.1 Å². The number of carbonyl (C=O) groups is 2. The number of hydrogen-bond acceptors (Lipinski definition) is 3. The Morgan fingerprint density at radius 1 is 0.889 bits per heavy atom. The SMILES string of the molecule is O=C(CNc1ccc(C(=O)NC2CCCCC2)cc1)Nc1ccc(Br)cc1. The molecule has 1 saturated carbocycles. The highest BCUT2D eigenvalue weighted by Gasteiger charge is 2.16. The summed E-state index contributed by atoms with van der Waals surface area (Å²) < 4.78 is 0.964. The summed E-state index contributed by atoms with van der Waals surface area (Å²) in [7, 11) is 0. The van der Waals surface area contributed by atoms with Crippen LogP contribution in [0, 0.1) is 0 Å². The molecule has 0 atom stereocenters. The van der Waals surface area contributed by atoms with E-state index in [-0.39, 0.29) is 18.4 Å². The summed E-state index contributed by atoms with van der Waals surface area (Å²) in [5.74, 6) is -0.155. The van der Waals surface area contributed by atoms with Crippen molar-refractivity contribution in [3.8, 4) is 0 Å². The van der Waals surface area contributed by atoms with Gasteiger partial charge in [0.05, 0.1) is 6.54 Å². The number of halogens is 1. The van der Waals surface area contributed by atoms with Gasteiger partial charge in [-0.15, -0.1) is 0 Å². The number of nitrogens with one attached hydrogen (secondary N) is 3. The largest absolute Gasteiger partial charge is 0.376 e. The van der Waals surface area contributed by atoms with E-state index in [1.165, 1.54) is 19.3 Å². The van der Waals surface area contributed by atoms with Crippen LogP contribution in [0.1, 0.15) is 42.5 Å². The maximum Gasteiger partial charge on any atom is 0.251 e. The van der Waals surface area contributed by atoms with Gasteiger partial charge in [-0.1, -0.05) is 35.2 Å². The Kier molecular flexibility index (Phi) is 6.87. The second-order valence-corrected chi connectivity index (χ2v) is 7.71. The lowest BCUT2D eigenvalue weighted by Crippen LogP contribution is -2.36. The molecule has 0 aliphatic heterocycles. The summed E-state index contributed by atoms with van der Waals surface area (Å²) in [4.78, 5) is 24.3. The second kappa shape index (κ2) is 9.55. The van der Waals surface area contributed by atoms with Crippen LogP contribution in [0.4, 0.5) is 11.4 Å². The number of hydrogen-bond donors (Lipinski definition) is 3. The van der Waals surface area contributed by atoms with E-state index < -0.39 is 0 Å². The van der Waals surface area contributed by atoms with E-state index >= 15 is 0 Å². The maximum atomic E-state index is 12.3. The van der Waals surface area contributed by atoms with Crippen LogP contribution in [-0.4, -0.2) is 24.4 Å². The van der Waals surface area contributed by atoms with Gasteiger partial charge in [0.1, 0.15) is 0 Å².